The maximum atomic E-state index is 9.50. The SMILES string of the molecule is CCCCCC1CCC(C=CC#CC2CCC(O)CC2)CC1. The summed E-state index contributed by atoms with van der Waals surface area (Å²) in [7, 11) is 0. The van der Waals surface area contributed by atoms with E-state index in [9.17, 15) is 5.11 Å². The number of aliphatic hydroxyl groups is 1. The van der Waals surface area contributed by atoms with Gasteiger partial charge in [0.2, 0.25) is 0 Å². The molecule has 22 heavy (non-hydrogen) atoms. The Morgan fingerprint density at radius 1 is 0.955 bits per heavy atom. The summed E-state index contributed by atoms with van der Waals surface area (Å²) in [4.78, 5) is 0. The van der Waals surface area contributed by atoms with Crippen LogP contribution in [0, 0.1) is 29.6 Å². The van der Waals surface area contributed by atoms with Crippen LogP contribution >= 0.6 is 0 Å². The molecule has 0 heterocycles. The van der Waals surface area contributed by atoms with Crippen molar-refractivity contribution in [2.45, 2.75) is 90.1 Å². The fourth-order valence-electron chi connectivity index (χ4n) is 3.92. The molecule has 0 unspecified atom stereocenters. The molecular weight excluding hydrogens is 268 g/mol. The lowest BCUT2D eigenvalue weighted by Gasteiger charge is -2.26. The van der Waals surface area contributed by atoms with Crippen molar-refractivity contribution in [2.75, 3.05) is 0 Å². The summed E-state index contributed by atoms with van der Waals surface area (Å²) >= 11 is 0. The molecule has 2 fully saturated rings. The molecule has 0 radical (unpaired) electrons. The zero-order valence-electron chi connectivity index (χ0n) is 14.4. The molecule has 2 aliphatic rings. The Labute approximate surface area is 137 Å². The maximum absolute atomic E-state index is 9.50. The van der Waals surface area contributed by atoms with E-state index in [1.165, 1.54) is 51.4 Å². The van der Waals surface area contributed by atoms with Gasteiger partial charge in [0.05, 0.1) is 6.10 Å². The van der Waals surface area contributed by atoms with E-state index in [0.29, 0.717) is 5.92 Å². The Hall–Kier alpha value is -0.740. The van der Waals surface area contributed by atoms with Gasteiger partial charge in [0, 0.05) is 5.92 Å². The van der Waals surface area contributed by atoms with Gasteiger partial charge in [-0.3, -0.25) is 0 Å². The van der Waals surface area contributed by atoms with Crippen LogP contribution in [-0.4, -0.2) is 11.2 Å². The Morgan fingerprint density at radius 3 is 2.36 bits per heavy atom. The average molecular weight is 303 g/mol. The minimum Gasteiger partial charge on any atom is -0.393 e. The number of hydrogen-bond donors (Lipinski definition) is 1. The van der Waals surface area contributed by atoms with Crippen molar-refractivity contribution in [1.82, 2.24) is 0 Å². The smallest absolute Gasteiger partial charge is 0.0541 e. The fraction of sp³-hybridized carbons (Fsp3) is 0.810. The Balaban J connectivity index is 1.61. The minimum atomic E-state index is -0.0684. The van der Waals surface area contributed by atoms with Crippen LogP contribution in [0.1, 0.15) is 84.0 Å². The molecule has 1 N–H and O–H groups in total. The van der Waals surface area contributed by atoms with Crippen LogP contribution in [-0.2, 0) is 0 Å². The molecule has 0 aliphatic heterocycles. The van der Waals surface area contributed by atoms with Gasteiger partial charge in [0.25, 0.3) is 0 Å². The zero-order chi connectivity index (χ0) is 15.6. The maximum Gasteiger partial charge on any atom is 0.0541 e. The molecule has 0 aromatic rings. The third-order valence-corrected chi connectivity index (χ3v) is 5.54. The first-order valence-electron chi connectivity index (χ1n) is 9.63. The third-order valence-electron chi connectivity index (χ3n) is 5.54. The summed E-state index contributed by atoms with van der Waals surface area (Å²) in [6.07, 6.45) is 19.6. The Morgan fingerprint density at radius 2 is 1.68 bits per heavy atom. The summed E-state index contributed by atoms with van der Waals surface area (Å²) in [5.74, 6) is 8.92. The van der Waals surface area contributed by atoms with Gasteiger partial charge in [-0.15, -0.1) is 0 Å². The van der Waals surface area contributed by atoms with Crippen molar-refractivity contribution in [1.29, 1.82) is 0 Å². The number of aliphatic hydroxyl groups excluding tert-OH is 1. The van der Waals surface area contributed by atoms with Gasteiger partial charge in [-0.1, -0.05) is 50.5 Å². The van der Waals surface area contributed by atoms with Crippen LogP contribution in [0.5, 0.6) is 0 Å². The van der Waals surface area contributed by atoms with Crippen LogP contribution < -0.4 is 0 Å². The highest BCUT2D eigenvalue weighted by atomic mass is 16.3. The summed E-state index contributed by atoms with van der Waals surface area (Å²) in [5, 5.41) is 9.50. The summed E-state index contributed by atoms with van der Waals surface area (Å²) in [5.41, 5.74) is 0. The average Bonchev–Trinajstić information content (AvgIpc) is 2.55. The van der Waals surface area contributed by atoms with E-state index in [2.05, 4.69) is 30.9 Å². The molecule has 2 rings (SSSR count). The molecule has 0 saturated heterocycles. The number of unbranched alkanes of at least 4 members (excludes halogenated alkanes) is 2. The molecule has 1 nitrogen and oxygen atoms in total. The largest absolute Gasteiger partial charge is 0.393 e. The molecule has 1 heteroatoms. The van der Waals surface area contributed by atoms with E-state index >= 15 is 0 Å². The molecular formula is C21H34O. The van der Waals surface area contributed by atoms with Crippen molar-refractivity contribution < 1.29 is 5.11 Å². The normalized spacial score (nSPS) is 32.6. The molecule has 0 aromatic heterocycles. The van der Waals surface area contributed by atoms with Gasteiger partial charge >= 0.3 is 0 Å². The number of hydrogen-bond acceptors (Lipinski definition) is 1. The standard InChI is InChI=1S/C21H34O/c1-2-3-4-7-18-10-12-19(13-11-18)8-5-6-9-20-14-16-21(22)17-15-20/h5,8,18-22H,2-4,7,10-17H2,1H3. The lowest BCUT2D eigenvalue weighted by Crippen LogP contribution is -2.16. The predicted octanol–water partition coefficient (Wildman–Crippen LogP) is 5.48. The highest BCUT2D eigenvalue weighted by molar-refractivity contribution is 5.18. The van der Waals surface area contributed by atoms with Crippen LogP contribution in [0.25, 0.3) is 0 Å². The quantitative estimate of drug-likeness (QED) is 0.526. The first kappa shape index (κ1) is 17.6. The minimum absolute atomic E-state index is 0.0684. The fourth-order valence-corrected chi connectivity index (χ4v) is 3.92. The lowest BCUT2D eigenvalue weighted by molar-refractivity contribution is 0.119. The lowest BCUT2D eigenvalue weighted by atomic mass is 9.79. The van der Waals surface area contributed by atoms with E-state index in [4.69, 9.17) is 0 Å². The second kappa shape index (κ2) is 10.1. The van der Waals surface area contributed by atoms with Crippen molar-refractivity contribution in [3.05, 3.63) is 12.2 Å². The van der Waals surface area contributed by atoms with Gasteiger partial charge in [0.1, 0.15) is 0 Å². The molecule has 2 aliphatic carbocycles. The molecule has 0 amide bonds. The van der Waals surface area contributed by atoms with Crippen LogP contribution in [0.15, 0.2) is 12.2 Å². The van der Waals surface area contributed by atoms with Crippen LogP contribution in [0.4, 0.5) is 0 Å². The van der Waals surface area contributed by atoms with Crippen molar-refractivity contribution >= 4 is 0 Å². The van der Waals surface area contributed by atoms with E-state index in [1.54, 1.807) is 0 Å². The van der Waals surface area contributed by atoms with E-state index in [0.717, 1.165) is 37.5 Å². The Bertz CT molecular complexity index is 370. The summed E-state index contributed by atoms with van der Waals surface area (Å²) in [6.45, 7) is 2.29. The summed E-state index contributed by atoms with van der Waals surface area (Å²) < 4.78 is 0. The highest BCUT2D eigenvalue weighted by Gasteiger charge is 2.19. The summed E-state index contributed by atoms with van der Waals surface area (Å²) in [6, 6.07) is 0. The highest BCUT2D eigenvalue weighted by Crippen LogP contribution is 2.32. The second-order valence-corrected chi connectivity index (χ2v) is 7.43. The third kappa shape index (κ3) is 6.57. The van der Waals surface area contributed by atoms with Gasteiger partial charge < -0.3 is 5.11 Å². The molecule has 124 valence electrons. The van der Waals surface area contributed by atoms with Gasteiger partial charge in [-0.25, -0.2) is 0 Å². The first-order chi connectivity index (χ1) is 10.8. The topological polar surface area (TPSA) is 20.2 Å². The van der Waals surface area contributed by atoms with E-state index in [1.807, 2.05) is 0 Å². The Kier molecular flexibility index (Phi) is 8.10. The molecule has 0 atom stereocenters. The number of allylic oxidation sites excluding steroid dienone is 2. The van der Waals surface area contributed by atoms with Crippen molar-refractivity contribution in [3.63, 3.8) is 0 Å². The monoisotopic (exact) mass is 302 g/mol. The molecule has 2 saturated carbocycles. The molecule has 0 bridgehead atoms. The van der Waals surface area contributed by atoms with Crippen LogP contribution in [0.2, 0.25) is 0 Å². The van der Waals surface area contributed by atoms with Crippen LogP contribution in [0.3, 0.4) is 0 Å². The second-order valence-electron chi connectivity index (χ2n) is 7.43. The van der Waals surface area contributed by atoms with E-state index in [-0.39, 0.29) is 6.10 Å². The number of rotatable bonds is 5. The predicted molar refractivity (Wildman–Crippen MR) is 94.5 cm³/mol. The van der Waals surface area contributed by atoms with Gasteiger partial charge in [0.15, 0.2) is 0 Å². The zero-order valence-corrected chi connectivity index (χ0v) is 14.4. The van der Waals surface area contributed by atoms with E-state index < -0.39 is 0 Å². The molecule has 0 aromatic carbocycles. The van der Waals surface area contributed by atoms with Gasteiger partial charge in [-0.05, 0) is 69.3 Å². The van der Waals surface area contributed by atoms with Gasteiger partial charge in [-0.2, -0.15) is 0 Å². The van der Waals surface area contributed by atoms with Crippen molar-refractivity contribution in [2.24, 2.45) is 17.8 Å². The molecule has 0 spiro atoms. The van der Waals surface area contributed by atoms with Crippen molar-refractivity contribution in [3.8, 4) is 11.8 Å². The first-order valence-corrected chi connectivity index (χ1v) is 9.63.